The minimum Gasteiger partial charge on any atom is -0.379 e. The maximum Gasteiger partial charge on any atom is 0.131 e. The number of fused-ring (bicyclic) bond motifs is 3. The Bertz CT molecular complexity index is 867. The van der Waals surface area contributed by atoms with E-state index in [4.69, 9.17) is 0 Å². The van der Waals surface area contributed by atoms with Crippen molar-refractivity contribution in [1.29, 1.82) is 0 Å². The smallest absolute Gasteiger partial charge is 0.131 e. The van der Waals surface area contributed by atoms with Crippen molar-refractivity contribution in [3.8, 4) is 0 Å². The highest BCUT2D eigenvalue weighted by Gasteiger charge is 2.20. The number of hydrogen-bond acceptors (Lipinski definition) is 4. The van der Waals surface area contributed by atoms with Crippen molar-refractivity contribution in [2.45, 2.75) is 19.6 Å². The minimum absolute atomic E-state index is 0.0742. The van der Waals surface area contributed by atoms with Gasteiger partial charge < -0.3 is 15.7 Å². The summed E-state index contributed by atoms with van der Waals surface area (Å²) in [5.74, 6) is 0.0742. The lowest BCUT2D eigenvalue weighted by atomic mass is 9.95. The molecule has 24 heavy (non-hydrogen) atoms. The molecule has 2 heterocycles. The summed E-state index contributed by atoms with van der Waals surface area (Å²) in [6.07, 6.45) is 12.5. The maximum atomic E-state index is 10.6. The molecule has 2 aliphatic rings. The number of rotatable bonds is 3. The van der Waals surface area contributed by atoms with Gasteiger partial charge in [-0.05, 0) is 31.5 Å². The number of nitrogens with one attached hydrogen (secondary N) is 2. The summed E-state index contributed by atoms with van der Waals surface area (Å²) in [7, 11) is 0. The van der Waals surface area contributed by atoms with Crippen LogP contribution < -0.4 is 10.6 Å². The van der Waals surface area contributed by atoms with Crippen LogP contribution in [0.4, 0.5) is 11.4 Å². The average molecular weight is 319 g/mol. The lowest BCUT2D eigenvalue weighted by Gasteiger charge is -2.25. The zero-order valence-electron chi connectivity index (χ0n) is 13.7. The van der Waals surface area contributed by atoms with Crippen LogP contribution in [0.15, 0.2) is 54.3 Å². The molecular weight excluding hydrogens is 298 g/mol. The number of aromatic nitrogens is 1. The Morgan fingerprint density at radius 2 is 2.29 bits per heavy atom. The number of pyridine rings is 1. The fraction of sp³-hybridized carbons (Fsp3) is 0.250. The van der Waals surface area contributed by atoms with Gasteiger partial charge in [0.25, 0.3) is 0 Å². The van der Waals surface area contributed by atoms with Crippen LogP contribution in [0.2, 0.25) is 0 Å². The Morgan fingerprint density at radius 1 is 1.38 bits per heavy atom. The Balaban J connectivity index is 1.70. The number of benzene rings is 1. The first-order valence-corrected chi connectivity index (χ1v) is 8.34. The van der Waals surface area contributed by atoms with E-state index in [9.17, 15) is 5.11 Å². The van der Waals surface area contributed by atoms with Crippen molar-refractivity contribution in [3.05, 3.63) is 59.8 Å². The van der Waals surface area contributed by atoms with Crippen LogP contribution in [-0.4, -0.2) is 22.9 Å². The zero-order chi connectivity index (χ0) is 16.5. The van der Waals surface area contributed by atoms with E-state index in [0.29, 0.717) is 0 Å². The van der Waals surface area contributed by atoms with E-state index < -0.39 is 6.23 Å². The highest BCUT2D eigenvalue weighted by Crippen LogP contribution is 2.35. The largest absolute Gasteiger partial charge is 0.379 e. The predicted octanol–water partition coefficient (Wildman–Crippen LogP) is 3.93. The van der Waals surface area contributed by atoms with Crippen molar-refractivity contribution < 1.29 is 5.11 Å². The van der Waals surface area contributed by atoms with Crippen molar-refractivity contribution in [2.75, 3.05) is 17.2 Å². The van der Waals surface area contributed by atoms with E-state index in [1.807, 2.05) is 12.1 Å². The number of allylic oxidation sites excluding steroid dienone is 3. The Kier molecular flexibility index (Phi) is 3.82. The Labute approximate surface area is 141 Å². The van der Waals surface area contributed by atoms with Crippen LogP contribution in [0.5, 0.6) is 0 Å². The monoisotopic (exact) mass is 319 g/mol. The lowest BCUT2D eigenvalue weighted by molar-refractivity contribution is 0.158. The van der Waals surface area contributed by atoms with E-state index in [2.05, 4.69) is 59.0 Å². The normalized spacial score (nSPS) is 20.2. The summed E-state index contributed by atoms with van der Waals surface area (Å²) in [5, 5.41) is 18.3. The molecule has 1 unspecified atom stereocenters. The summed E-state index contributed by atoms with van der Waals surface area (Å²) in [6.45, 7) is 2.89. The molecule has 4 nitrogen and oxygen atoms in total. The first kappa shape index (κ1) is 15.0. The lowest BCUT2D eigenvalue weighted by Crippen LogP contribution is -2.28. The SMILES string of the molecule is CC1=CCC([C@H](O)Nc2cc3c(c4ncccc24)NCC=C3)C=C1. The van der Waals surface area contributed by atoms with Crippen LogP contribution in [-0.2, 0) is 0 Å². The molecule has 0 fully saturated rings. The molecule has 1 aliphatic heterocycles. The standard InChI is InChI=1S/C20H21N3O/c1-13-6-8-14(9-7-13)20(24)23-17-12-15-4-2-10-21-18(15)19-16(17)5-3-11-22-19/h2-8,11-12,14,20-21,23-24H,9-10H2,1H3/t14?,20-/m0/s1. The molecule has 0 radical (unpaired) electrons. The summed E-state index contributed by atoms with van der Waals surface area (Å²) in [6, 6.07) is 6.05. The fourth-order valence-corrected chi connectivity index (χ4v) is 3.29. The number of nitrogens with zero attached hydrogens (tertiary/aromatic N) is 1. The number of aliphatic hydroxyl groups is 1. The first-order chi connectivity index (χ1) is 11.7. The molecule has 0 saturated carbocycles. The Morgan fingerprint density at radius 3 is 3.12 bits per heavy atom. The second-order valence-electron chi connectivity index (χ2n) is 6.37. The third kappa shape index (κ3) is 2.69. The molecule has 122 valence electrons. The molecule has 4 heteroatoms. The molecule has 0 spiro atoms. The number of aliphatic hydroxyl groups excluding tert-OH is 1. The second kappa shape index (κ2) is 6.13. The van der Waals surface area contributed by atoms with E-state index in [-0.39, 0.29) is 5.92 Å². The highest BCUT2D eigenvalue weighted by atomic mass is 16.3. The molecule has 0 amide bonds. The first-order valence-electron chi connectivity index (χ1n) is 8.34. The van der Waals surface area contributed by atoms with Gasteiger partial charge in [-0.3, -0.25) is 4.98 Å². The van der Waals surface area contributed by atoms with Gasteiger partial charge in [0.2, 0.25) is 0 Å². The topological polar surface area (TPSA) is 57.2 Å². The highest BCUT2D eigenvalue weighted by molar-refractivity contribution is 6.03. The van der Waals surface area contributed by atoms with Crippen molar-refractivity contribution in [3.63, 3.8) is 0 Å². The quantitative estimate of drug-likeness (QED) is 0.750. The number of hydrogen-bond donors (Lipinski definition) is 3. The maximum absolute atomic E-state index is 10.6. The minimum atomic E-state index is -0.632. The van der Waals surface area contributed by atoms with Gasteiger partial charge in [0.1, 0.15) is 6.23 Å². The molecule has 4 rings (SSSR count). The van der Waals surface area contributed by atoms with E-state index in [0.717, 1.165) is 40.8 Å². The van der Waals surface area contributed by atoms with E-state index >= 15 is 0 Å². The van der Waals surface area contributed by atoms with Crippen LogP contribution in [0.1, 0.15) is 18.9 Å². The zero-order valence-corrected chi connectivity index (χ0v) is 13.7. The molecule has 2 aromatic rings. The van der Waals surface area contributed by atoms with Crippen LogP contribution in [0.3, 0.4) is 0 Å². The molecule has 0 saturated heterocycles. The van der Waals surface area contributed by atoms with Gasteiger partial charge in [0.05, 0.1) is 11.2 Å². The number of anilines is 2. The van der Waals surface area contributed by atoms with Gasteiger partial charge in [-0.25, -0.2) is 0 Å². The molecule has 3 N–H and O–H groups in total. The molecule has 1 aliphatic carbocycles. The summed E-state index contributed by atoms with van der Waals surface area (Å²) in [5.41, 5.74) is 5.25. The van der Waals surface area contributed by atoms with Gasteiger partial charge in [-0.2, -0.15) is 0 Å². The third-order valence-corrected chi connectivity index (χ3v) is 4.64. The summed E-state index contributed by atoms with van der Waals surface area (Å²) < 4.78 is 0. The van der Waals surface area contributed by atoms with E-state index in [1.54, 1.807) is 6.20 Å². The van der Waals surface area contributed by atoms with Crippen molar-refractivity contribution >= 4 is 28.4 Å². The average Bonchev–Trinajstić information content (AvgIpc) is 2.62. The van der Waals surface area contributed by atoms with Crippen LogP contribution in [0, 0.1) is 5.92 Å². The van der Waals surface area contributed by atoms with Crippen molar-refractivity contribution in [1.82, 2.24) is 4.98 Å². The second-order valence-corrected chi connectivity index (χ2v) is 6.37. The predicted molar refractivity (Wildman–Crippen MR) is 99.9 cm³/mol. The van der Waals surface area contributed by atoms with Crippen molar-refractivity contribution in [2.24, 2.45) is 5.92 Å². The van der Waals surface area contributed by atoms with Gasteiger partial charge in [0, 0.05) is 35.3 Å². The third-order valence-electron chi connectivity index (χ3n) is 4.64. The Hall–Kier alpha value is -2.59. The molecule has 1 aromatic carbocycles. The van der Waals surface area contributed by atoms with Gasteiger partial charge in [0.15, 0.2) is 0 Å². The summed E-state index contributed by atoms with van der Waals surface area (Å²) in [4.78, 5) is 4.54. The molecule has 0 bridgehead atoms. The van der Waals surface area contributed by atoms with Gasteiger partial charge in [-0.1, -0.05) is 36.0 Å². The fourth-order valence-electron chi connectivity index (χ4n) is 3.29. The van der Waals surface area contributed by atoms with Gasteiger partial charge in [-0.15, -0.1) is 0 Å². The van der Waals surface area contributed by atoms with Crippen LogP contribution >= 0.6 is 0 Å². The van der Waals surface area contributed by atoms with Gasteiger partial charge >= 0.3 is 0 Å². The summed E-state index contributed by atoms with van der Waals surface area (Å²) >= 11 is 0. The molecule has 1 aromatic heterocycles. The van der Waals surface area contributed by atoms with Crippen LogP contribution in [0.25, 0.3) is 17.0 Å². The molecular formula is C20H21N3O. The van der Waals surface area contributed by atoms with E-state index in [1.165, 1.54) is 5.57 Å². The molecule has 2 atom stereocenters.